The fourth-order valence-corrected chi connectivity index (χ4v) is 1.41. The average molecular weight is 246 g/mol. The average Bonchev–Trinajstić information content (AvgIpc) is 2.40. The Bertz CT molecular complexity index is 412. The van der Waals surface area contributed by atoms with Gasteiger partial charge in [-0.25, -0.2) is 0 Å². The van der Waals surface area contributed by atoms with Gasteiger partial charge in [-0.2, -0.15) is 0 Å². The molecule has 0 aromatic heterocycles. The van der Waals surface area contributed by atoms with Crippen molar-refractivity contribution in [3.63, 3.8) is 0 Å². The van der Waals surface area contributed by atoms with Crippen LogP contribution in [0.15, 0.2) is 52.2 Å². The zero-order valence-corrected chi connectivity index (χ0v) is 11.7. The van der Waals surface area contributed by atoms with E-state index in [2.05, 4.69) is 16.9 Å². The summed E-state index contributed by atoms with van der Waals surface area (Å²) in [6.45, 7) is 8.00. The smallest absolute Gasteiger partial charge is 0.150 e. The molecule has 0 bridgehead atoms. The molecule has 0 aliphatic carbocycles. The highest BCUT2D eigenvalue weighted by molar-refractivity contribution is 5.98. The molecule has 3 heteroatoms. The Morgan fingerprint density at radius 3 is 2.56 bits per heavy atom. The van der Waals surface area contributed by atoms with Gasteiger partial charge >= 0.3 is 0 Å². The number of aldehydes is 1. The van der Waals surface area contributed by atoms with Gasteiger partial charge in [0.15, 0.2) is 6.29 Å². The predicted molar refractivity (Wildman–Crippen MR) is 78.9 cm³/mol. The maximum atomic E-state index is 11.2. The molecule has 98 valence electrons. The van der Waals surface area contributed by atoms with E-state index in [0.29, 0.717) is 5.57 Å². The molecule has 0 atom stereocenters. The molecular weight excluding hydrogens is 224 g/mol. The summed E-state index contributed by atoms with van der Waals surface area (Å²) in [7, 11) is 3.49. The Hall–Kier alpha value is -1.90. The van der Waals surface area contributed by atoms with Gasteiger partial charge in [-0.05, 0) is 37.3 Å². The third-order valence-electron chi connectivity index (χ3n) is 2.60. The Balaban J connectivity index is 5.58. The van der Waals surface area contributed by atoms with Crippen molar-refractivity contribution in [1.82, 2.24) is 5.32 Å². The van der Waals surface area contributed by atoms with E-state index in [9.17, 15) is 4.79 Å². The van der Waals surface area contributed by atoms with Crippen molar-refractivity contribution >= 4 is 12.5 Å². The van der Waals surface area contributed by atoms with E-state index in [1.54, 1.807) is 38.7 Å². The van der Waals surface area contributed by atoms with Gasteiger partial charge in [-0.15, -0.1) is 0 Å². The number of aliphatic imine (C=N–C) groups is 1. The summed E-state index contributed by atoms with van der Waals surface area (Å²) in [5, 5.41) is 2.87. The highest BCUT2D eigenvalue weighted by Gasteiger charge is 2.07. The lowest BCUT2D eigenvalue weighted by Gasteiger charge is -2.09. The highest BCUT2D eigenvalue weighted by Crippen LogP contribution is 2.19. The molecule has 0 fully saturated rings. The van der Waals surface area contributed by atoms with E-state index >= 15 is 0 Å². The molecule has 0 rings (SSSR count). The lowest BCUT2D eigenvalue weighted by Crippen LogP contribution is -1.99. The molecule has 1 N–H and O–H groups in total. The third kappa shape index (κ3) is 4.95. The van der Waals surface area contributed by atoms with Crippen LogP contribution in [0.1, 0.15) is 20.3 Å². The van der Waals surface area contributed by atoms with Crippen LogP contribution in [0, 0.1) is 0 Å². The van der Waals surface area contributed by atoms with Gasteiger partial charge in [0, 0.05) is 31.5 Å². The maximum absolute atomic E-state index is 11.2. The van der Waals surface area contributed by atoms with Gasteiger partial charge in [0.05, 0.1) is 0 Å². The Labute approximate surface area is 110 Å². The molecule has 0 aromatic carbocycles. The molecular formula is C15H22N2O. The lowest BCUT2D eigenvalue weighted by atomic mass is 9.96. The molecule has 0 saturated heterocycles. The summed E-state index contributed by atoms with van der Waals surface area (Å²) in [5.41, 5.74) is 3.42. The van der Waals surface area contributed by atoms with Gasteiger partial charge in [-0.1, -0.05) is 19.1 Å². The van der Waals surface area contributed by atoms with Gasteiger partial charge in [0.2, 0.25) is 0 Å². The zero-order chi connectivity index (χ0) is 14.0. The molecule has 0 spiro atoms. The maximum Gasteiger partial charge on any atom is 0.150 e. The largest absolute Gasteiger partial charge is 0.394 e. The Morgan fingerprint density at radius 1 is 1.44 bits per heavy atom. The number of rotatable bonds is 7. The Morgan fingerprint density at radius 2 is 2.11 bits per heavy atom. The van der Waals surface area contributed by atoms with Crippen molar-refractivity contribution in [2.45, 2.75) is 20.3 Å². The van der Waals surface area contributed by atoms with E-state index in [1.807, 2.05) is 13.8 Å². The zero-order valence-electron chi connectivity index (χ0n) is 11.7. The minimum atomic E-state index is 0.596. The molecule has 0 aromatic rings. The molecule has 0 aliphatic heterocycles. The second-order valence-corrected chi connectivity index (χ2v) is 3.77. The summed E-state index contributed by atoms with van der Waals surface area (Å²) in [6, 6.07) is 0. The number of allylic oxidation sites excluding steroid dienone is 6. The minimum absolute atomic E-state index is 0.596. The normalized spacial score (nSPS) is 13.9. The predicted octanol–water partition coefficient (Wildman–Crippen LogP) is 2.83. The van der Waals surface area contributed by atoms with Crippen molar-refractivity contribution in [3.05, 3.63) is 47.2 Å². The molecule has 0 amide bonds. The number of nitrogens with zero attached hydrogens (tertiary/aromatic N) is 1. The van der Waals surface area contributed by atoms with Crippen LogP contribution in [-0.2, 0) is 4.79 Å². The molecule has 0 radical (unpaired) electrons. The first kappa shape index (κ1) is 16.1. The van der Waals surface area contributed by atoms with E-state index in [0.717, 1.165) is 29.4 Å². The van der Waals surface area contributed by atoms with Crippen LogP contribution in [0.25, 0.3) is 0 Å². The highest BCUT2D eigenvalue weighted by atomic mass is 16.1. The number of carbonyl (C=O) groups is 1. The van der Waals surface area contributed by atoms with E-state index in [4.69, 9.17) is 0 Å². The van der Waals surface area contributed by atoms with Crippen molar-refractivity contribution in [2.75, 3.05) is 14.1 Å². The van der Waals surface area contributed by atoms with Crippen LogP contribution in [-0.4, -0.2) is 26.6 Å². The number of hydrogen-bond acceptors (Lipinski definition) is 3. The van der Waals surface area contributed by atoms with Crippen LogP contribution in [0.4, 0.5) is 0 Å². The molecule has 18 heavy (non-hydrogen) atoms. The fourth-order valence-electron chi connectivity index (χ4n) is 1.41. The molecule has 0 unspecified atom stereocenters. The van der Waals surface area contributed by atoms with Crippen molar-refractivity contribution in [2.24, 2.45) is 4.99 Å². The van der Waals surface area contributed by atoms with Crippen LogP contribution >= 0.6 is 0 Å². The number of carbonyl (C=O) groups excluding carboxylic acids is 1. The van der Waals surface area contributed by atoms with E-state index < -0.39 is 0 Å². The molecule has 3 nitrogen and oxygen atoms in total. The first-order valence-corrected chi connectivity index (χ1v) is 5.93. The standard InChI is InChI=1S/C15H22N2O/c1-6-12(2)13(3)15(10-17-5)14(11-18)8-7-9-16-4/h7-11,16H,2,6H2,1,3-5H3/b9-7-,14-8+,15-13+,17-10?. The SMILES string of the molecule is C=C(CC)/C(C)=C(C=NC)/C(C=O)=C/C=C\NC. The first-order valence-electron chi connectivity index (χ1n) is 5.93. The summed E-state index contributed by atoms with van der Waals surface area (Å²) < 4.78 is 0. The lowest BCUT2D eigenvalue weighted by molar-refractivity contribution is -0.104. The minimum Gasteiger partial charge on any atom is -0.394 e. The van der Waals surface area contributed by atoms with Gasteiger partial charge < -0.3 is 5.32 Å². The summed E-state index contributed by atoms with van der Waals surface area (Å²) >= 11 is 0. The van der Waals surface area contributed by atoms with Crippen molar-refractivity contribution in [1.29, 1.82) is 0 Å². The quantitative estimate of drug-likeness (QED) is 0.325. The van der Waals surface area contributed by atoms with Gasteiger partial charge in [0.25, 0.3) is 0 Å². The molecule has 0 aliphatic rings. The van der Waals surface area contributed by atoms with Crippen LogP contribution < -0.4 is 5.32 Å². The molecule has 0 saturated carbocycles. The van der Waals surface area contributed by atoms with E-state index in [-0.39, 0.29) is 0 Å². The first-order chi connectivity index (χ1) is 8.62. The summed E-state index contributed by atoms with van der Waals surface area (Å²) in [5.74, 6) is 0. The fraction of sp³-hybridized carbons (Fsp3) is 0.333. The van der Waals surface area contributed by atoms with Crippen LogP contribution in [0.5, 0.6) is 0 Å². The monoisotopic (exact) mass is 246 g/mol. The van der Waals surface area contributed by atoms with Crippen LogP contribution in [0.2, 0.25) is 0 Å². The number of nitrogens with one attached hydrogen (secondary N) is 1. The summed E-state index contributed by atoms with van der Waals surface area (Å²) in [4.78, 5) is 15.2. The van der Waals surface area contributed by atoms with Crippen LogP contribution in [0.3, 0.4) is 0 Å². The second kappa shape index (κ2) is 9.16. The number of hydrogen-bond donors (Lipinski definition) is 1. The van der Waals surface area contributed by atoms with Gasteiger partial charge in [0.1, 0.15) is 0 Å². The molecule has 0 heterocycles. The third-order valence-corrected chi connectivity index (χ3v) is 2.60. The van der Waals surface area contributed by atoms with Gasteiger partial charge in [-0.3, -0.25) is 9.79 Å². The summed E-state index contributed by atoms with van der Waals surface area (Å²) in [6.07, 6.45) is 8.69. The van der Waals surface area contributed by atoms with Crippen molar-refractivity contribution < 1.29 is 4.79 Å². The topological polar surface area (TPSA) is 41.5 Å². The Kier molecular flexibility index (Phi) is 8.20. The van der Waals surface area contributed by atoms with Crippen molar-refractivity contribution in [3.8, 4) is 0 Å². The van der Waals surface area contributed by atoms with E-state index in [1.165, 1.54) is 0 Å². The second-order valence-electron chi connectivity index (χ2n) is 3.77.